The molecular formula is C14H25NO4. The van der Waals surface area contributed by atoms with Crippen molar-refractivity contribution >= 4 is 5.97 Å². The summed E-state index contributed by atoms with van der Waals surface area (Å²) >= 11 is 0. The van der Waals surface area contributed by atoms with Crippen LogP contribution in [0, 0.1) is 11.8 Å². The van der Waals surface area contributed by atoms with Crippen LogP contribution in [0.25, 0.3) is 0 Å². The molecule has 0 spiro atoms. The molecule has 2 atom stereocenters. The minimum Gasteiger partial charge on any atom is -0.480 e. The van der Waals surface area contributed by atoms with E-state index in [1.807, 2.05) is 13.8 Å². The SMILES string of the molecule is CC(C)[C@@H](C(=O)O)N1CCOC[C@@H]1C1CCOCC1. The van der Waals surface area contributed by atoms with Gasteiger partial charge in [0, 0.05) is 25.8 Å². The molecule has 1 N–H and O–H groups in total. The first-order valence-electron chi connectivity index (χ1n) is 7.25. The molecule has 110 valence electrons. The normalized spacial score (nSPS) is 28.5. The Bertz CT molecular complexity index is 302. The summed E-state index contributed by atoms with van der Waals surface area (Å²) < 4.78 is 11.0. The molecule has 5 heteroatoms. The summed E-state index contributed by atoms with van der Waals surface area (Å²) in [6.07, 6.45) is 2.02. The van der Waals surface area contributed by atoms with Crippen LogP contribution < -0.4 is 0 Å². The van der Waals surface area contributed by atoms with Gasteiger partial charge in [0.25, 0.3) is 0 Å². The number of hydrogen-bond donors (Lipinski definition) is 1. The second-order valence-corrected chi connectivity index (χ2v) is 5.86. The average Bonchev–Trinajstić information content (AvgIpc) is 2.39. The van der Waals surface area contributed by atoms with Gasteiger partial charge in [-0.2, -0.15) is 0 Å². The van der Waals surface area contributed by atoms with E-state index in [1.54, 1.807) is 0 Å². The molecule has 0 aromatic carbocycles. The van der Waals surface area contributed by atoms with E-state index in [4.69, 9.17) is 9.47 Å². The van der Waals surface area contributed by atoms with Gasteiger partial charge in [-0.1, -0.05) is 13.8 Å². The van der Waals surface area contributed by atoms with Crippen molar-refractivity contribution in [1.82, 2.24) is 4.90 Å². The van der Waals surface area contributed by atoms with Gasteiger partial charge in [0.15, 0.2) is 0 Å². The number of rotatable bonds is 4. The highest BCUT2D eigenvalue weighted by Crippen LogP contribution is 2.28. The number of aliphatic carboxylic acids is 1. The Hall–Kier alpha value is -0.650. The van der Waals surface area contributed by atoms with Crippen molar-refractivity contribution < 1.29 is 19.4 Å². The van der Waals surface area contributed by atoms with Gasteiger partial charge in [0.05, 0.1) is 13.2 Å². The summed E-state index contributed by atoms with van der Waals surface area (Å²) in [5.41, 5.74) is 0. The molecule has 19 heavy (non-hydrogen) atoms. The first-order chi connectivity index (χ1) is 9.11. The fourth-order valence-corrected chi connectivity index (χ4v) is 3.30. The fraction of sp³-hybridized carbons (Fsp3) is 0.929. The molecule has 0 radical (unpaired) electrons. The first-order valence-corrected chi connectivity index (χ1v) is 7.25. The minimum atomic E-state index is -0.714. The molecule has 0 bridgehead atoms. The van der Waals surface area contributed by atoms with Crippen LogP contribution >= 0.6 is 0 Å². The highest BCUT2D eigenvalue weighted by Gasteiger charge is 2.39. The third kappa shape index (κ3) is 3.46. The van der Waals surface area contributed by atoms with Crippen molar-refractivity contribution in [2.24, 2.45) is 11.8 Å². The lowest BCUT2D eigenvalue weighted by Crippen LogP contribution is -2.58. The zero-order valence-electron chi connectivity index (χ0n) is 11.9. The summed E-state index contributed by atoms with van der Waals surface area (Å²) in [4.78, 5) is 13.7. The van der Waals surface area contributed by atoms with Crippen molar-refractivity contribution in [2.75, 3.05) is 33.0 Å². The van der Waals surface area contributed by atoms with E-state index in [2.05, 4.69) is 4.90 Å². The molecule has 2 aliphatic rings. The number of carboxylic acid groups (broad SMARTS) is 1. The second-order valence-electron chi connectivity index (χ2n) is 5.86. The van der Waals surface area contributed by atoms with Gasteiger partial charge < -0.3 is 14.6 Å². The van der Waals surface area contributed by atoms with Crippen molar-refractivity contribution in [3.8, 4) is 0 Å². The van der Waals surface area contributed by atoms with E-state index in [0.717, 1.165) is 32.6 Å². The van der Waals surface area contributed by atoms with Gasteiger partial charge in [-0.05, 0) is 24.7 Å². The highest BCUT2D eigenvalue weighted by molar-refractivity contribution is 5.73. The van der Waals surface area contributed by atoms with Gasteiger partial charge in [-0.15, -0.1) is 0 Å². The summed E-state index contributed by atoms with van der Waals surface area (Å²) in [5, 5.41) is 9.50. The fourth-order valence-electron chi connectivity index (χ4n) is 3.30. The average molecular weight is 271 g/mol. The Morgan fingerprint density at radius 1 is 1.21 bits per heavy atom. The summed E-state index contributed by atoms with van der Waals surface area (Å²) in [6, 6.07) is -0.183. The lowest BCUT2D eigenvalue weighted by molar-refractivity contribution is -0.152. The molecule has 2 fully saturated rings. The molecule has 2 saturated heterocycles. The van der Waals surface area contributed by atoms with E-state index in [-0.39, 0.29) is 12.0 Å². The predicted molar refractivity (Wildman–Crippen MR) is 71.1 cm³/mol. The number of morpholine rings is 1. The number of nitrogens with zero attached hydrogens (tertiary/aromatic N) is 1. The minimum absolute atomic E-state index is 0.109. The maximum absolute atomic E-state index is 11.6. The largest absolute Gasteiger partial charge is 0.480 e. The quantitative estimate of drug-likeness (QED) is 0.833. The first kappa shape index (κ1) is 14.8. The number of ether oxygens (including phenoxy) is 2. The molecule has 0 aromatic heterocycles. The van der Waals surface area contributed by atoms with Crippen LogP contribution in [0.15, 0.2) is 0 Å². The van der Waals surface area contributed by atoms with Gasteiger partial charge in [-0.3, -0.25) is 9.69 Å². The maximum atomic E-state index is 11.6. The Kier molecular flexibility index (Phi) is 5.19. The van der Waals surface area contributed by atoms with Crippen LogP contribution in [0.5, 0.6) is 0 Å². The third-order valence-electron chi connectivity index (χ3n) is 4.26. The highest BCUT2D eigenvalue weighted by atomic mass is 16.5. The van der Waals surface area contributed by atoms with Crippen LogP contribution in [0.2, 0.25) is 0 Å². The van der Waals surface area contributed by atoms with Gasteiger partial charge in [0.2, 0.25) is 0 Å². The van der Waals surface area contributed by atoms with Crippen molar-refractivity contribution in [2.45, 2.75) is 38.8 Å². The Morgan fingerprint density at radius 2 is 1.89 bits per heavy atom. The topological polar surface area (TPSA) is 59.0 Å². The summed E-state index contributed by atoms with van der Waals surface area (Å²) in [5.74, 6) is -0.110. The smallest absolute Gasteiger partial charge is 0.321 e. The number of carbonyl (C=O) groups is 1. The number of carboxylic acids is 1. The monoisotopic (exact) mass is 271 g/mol. The van der Waals surface area contributed by atoms with Crippen LogP contribution in [0.4, 0.5) is 0 Å². The molecule has 0 aliphatic carbocycles. The molecule has 5 nitrogen and oxygen atoms in total. The van der Waals surface area contributed by atoms with Crippen molar-refractivity contribution in [3.63, 3.8) is 0 Å². The van der Waals surface area contributed by atoms with Crippen LogP contribution in [-0.4, -0.2) is 61.0 Å². The van der Waals surface area contributed by atoms with Crippen LogP contribution in [-0.2, 0) is 14.3 Å². The molecule has 0 amide bonds. The van der Waals surface area contributed by atoms with E-state index in [9.17, 15) is 9.90 Å². The molecule has 0 aromatic rings. The van der Waals surface area contributed by atoms with Crippen molar-refractivity contribution in [1.29, 1.82) is 0 Å². The molecule has 0 saturated carbocycles. The van der Waals surface area contributed by atoms with E-state index >= 15 is 0 Å². The Labute approximate surface area is 114 Å². The Balaban J connectivity index is 2.11. The zero-order chi connectivity index (χ0) is 13.8. The predicted octanol–water partition coefficient (Wildman–Crippen LogP) is 1.22. The number of hydrogen-bond acceptors (Lipinski definition) is 4. The van der Waals surface area contributed by atoms with E-state index in [0.29, 0.717) is 19.1 Å². The molecule has 2 rings (SSSR count). The molecule has 0 unspecified atom stereocenters. The maximum Gasteiger partial charge on any atom is 0.321 e. The lowest BCUT2D eigenvalue weighted by atomic mass is 9.88. The Morgan fingerprint density at radius 3 is 2.47 bits per heavy atom. The molecule has 2 aliphatic heterocycles. The van der Waals surface area contributed by atoms with Gasteiger partial charge in [-0.25, -0.2) is 0 Å². The second kappa shape index (κ2) is 6.68. The third-order valence-corrected chi connectivity index (χ3v) is 4.26. The summed E-state index contributed by atoms with van der Waals surface area (Å²) in [6.45, 7) is 7.54. The molecule has 2 heterocycles. The standard InChI is InChI=1S/C14H25NO4/c1-10(2)13(14(16)17)15-5-8-19-9-12(15)11-3-6-18-7-4-11/h10-13H,3-9H2,1-2H3,(H,16,17)/t12-,13+/m1/s1. The van der Waals surface area contributed by atoms with Gasteiger partial charge >= 0.3 is 5.97 Å². The van der Waals surface area contributed by atoms with E-state index < -0.39 is 12.0 Å². The zero-order valence-corrected chi connectivity index (χ0v) is 11.9. The van der Waals surface area contributed by atoms with Crippen LogP contribution in [0.1, 0.15) is 26.7 Å². The van der Waals surface area contributed by atoms with Crippen LogP contribution in [0.3, 0.4) is 0 Å². The summed E-state index contributed by atoms with van der Waals surface area (Å²) in [7, 11) is 0. The van der Waals surface area contributed by atoms with Crippen molar-refractivity contribution in [3.05, 3.63) is 0 Å². The van der Waals surface area contributed by atoms with E-state index in [1.165, 1.54) is 0 Å². The molecular weight excluding hydrogens is 246 g/mol. The van der Waals surface area contributed by atoms with Gasteiger partial charge in [0.1, 0.15) is 6.04 Å². The lowest BCUT2D eigenvalue weighted by Gasteiger charge is -2.45.